The van der Waals surface area contributed by atoms with Crippen LogP contribution in [0.2, 0.25) is 0 Å². The lowest BCUT2D eigenvalue weighted by Gasteiger charge is -2.31. The maximum Gasteiger partial charge on any atom is 0.252 e. The number of sulfonamides is 1. The predicted octanol–water partition coefficient (Wildman–Crippen LogP) is 2.03. The zero-order valence-electron chi connectivity index (χ0n) is 12.0. The second-order valence-electron chi connectivity index (χ2n) is 4.86. The van der Waals surface area contributed by atoms with Crippen LogP contribution in [0.15, 0.2) is 16.3 Å². The van der Waals surface area contributed by atoms with Crippen LogP contribution in [0.5, 0.6) is 0 Å². The summed E-state index contributed by atoms with van der Waals surface area (Å²) in [5, 5.41) is 3.26. The maximum atomic E-state index is 12.7. The molecule has 0 radical (unpaired) electrons. The Hall–Kier alpha value is -0.0800. The van der Waals surface area contributed by atoms with Gasteiger partial charge in [0.2, 0.25) is 0 Å². The molecule has 0 aliphatic carbocycles. The first kappa shape index (κ1) is 16.3. The molecule has 7 heteroatoms. The van der Waals surface area contributed by atoms with Crippen molar-refractivity contribution in [1.82, 2.24) is 9.62 Å². The van der Waals surface area contributed by atoms with Crippen LogP contribution in [0, 0.1) is 0 Å². The zero-order valence-corrected chi connectivity index (χ0v) is 14.4. The van der Waals surface area contributed by atoms with Crippen LogP contribution in [-0.4, -0.2) is 49.9 Å². The van der Waals surface area contributed by atoms with E-state index in [4.69, 9.17) is 0 Å². The second-order valence-corrected chi connectivity index (χ2v) is 9.30. The lowest BCUT2D eigenvalue weighted by Crippen LogP contribution is -2.44. The van der Waals surface area contributed by atoms with Gasteiger partial charge in [0.25, 0.3) is 10.0 Å². The third kappa shape index (κ3) is 3.76. The molecule has 1 aliphatic rings. The number of thioether (sulfide) groups is 1. The Labute approximate surface area is 130 Å². The van der Waals surface area contributed by atoms with Gasteiger partial charge in [0.05, 0.1) is 0 Å². The Kier molecular flexibility index (Phi) is 5.92. The van der Waals surface area contributed by atoms with Crippen LogP contribution >= 0.6 is 23.1 Å². The molecular weight excluding hydrogens is 312 g/mol. The molecule has 0 bridgehead atoms. The van der Waals surface area contributed by atoms with Gasteiger partial charge in [-0.1, -0.05) is 6.92 Å². The Morgan fingerprint density at radius 2 is 2.25 bits per heavy atom. The first-order valence-corrected chi connectivity index (χ1v) is 10.4. The highest BCUT2D eigenvalue weighted by Crippen LogP contribution is 2.29. The molecule has 1 fully saturated rings. The van der Waals surface area contributed by atoms with Gasteiger partial charge in [-0.2, -0.15) is 16.1 Å². The molecule has 1 unspecified atom stereocenters. The van der Waals surface area contributed by atoms with E-state index in [1.165, 1.54) is 11.3 Å². The van der Waals surface area contributed by atoms with Crippen LogP contribution in [0.25, 0.3) is 0 Å². The largest absolute Gasteiger partial charge is 0.317 e. The van der Waals surface area contributed by atoms with Gasteiger partial charge < -0.3 is 5.32 Å². The van der Waals surface area contributed by atoms with Gasteiger partial charge in [-0.05, 0) is 38.6 Å². The summed E-state index contributed by atoms with van der Waals surface area (Å²) in [4.78, 5) is 1.13. The average molecular weight is 335 g/mol. The smallest absolute Gasteiger partial charge is 0.252 e. The molecule has 0 amide bonds. The normalized spacial score (nSPS) is 21.2. The monoisotopic (exact) mass is 334 g/mol. The fourth-order valence-corrected chi connectivity index (χ4v) is 6.54. The summed E-state index contributed by atoms with van der Waals surface area (Å²) in [5.41, 5.74) is 0. The highest BCUT2D eigenvalue weighted by Gasteiger charge is 2.32. The summed E-state index contributed by atoms with van der Waals surface area (Å²) in [6.45, 7) is 6.52. The molecule has 1 atom stereocenters. The van der Waals surface area contributed by atoms with Crippen LogP contribution in [0.4, 0.5) is 0 Å². The third-order valence-corrected chi connectivity index (χ3v) is 8.12. The van der Waals surface area contributed by atoms with E-state index in [1.807, 2.05) is 24.8 Å². The maximum absolute atomic E-state index is 12.7. The summed E-state index contributed by atoms with van der Waals surface area (Å²) < 4.78 is 27.4. The number of nitrogens with one attached hydrogen (secondary N) is 1. The molecule has 0 spiro atoms. The number of thiophene rings is 1. The molecule has 2 rings (SSSR count). The van der Waals surface area contributed by atoms with Gasteiger partial charge in [0.1, 0.15) is 4.21 Å². The van der Waals surface area contributed by atoms with E-state index < -0.39 is 10.0 Å². The average Bonchev–Trinajstić information content (AvgIpc) is 2.89. The van der Waals surface area contributed by atoms with Gasteiger partial charge in [0.15, 0.2) is 0 Å². The molecular formula is C13H22N2O2S3. The van der Waals surface area contributed by atoms with Gasteiger partial charge in [-0.3, -0.25) is 0 Å². The standard InChI is InChI=1S/C13H22N2O2S3/c1-3-14-7-6-12-4-5-13(19-12)20(16,17)15-8-9-18-10-11(15)2/h4-5,11,14H,3,6-10H2,1-2H3. The van der Waals surface area contributed by atoms with Crippen molar-refractivity contribution >= 4 is 33.1 Å². The van der Waals surface area contributed by atoms with Gasteiger partial charge >= 0.3 is 0 Å². The first-order chi connectivity index (χ1) is 9.55. The summed E-state index contributed by atoms with van der Waals surface area (Å²) in [6.07, 6.45) is 0.888. The minimum atomic E-state index is -3.30. The molecule has 1 N–H and O–H groups in total. The Bertz CT molecular complexity index is 527. The SMILES string of the molecule is CCNCCc1ccc(S(=O)(=O)N2CCSCC2C)s1. The van der Waals surface area contributed by atoms with E-state index >= 15 is 0 Å². The quantitative estimate of drug-likeness (QED) is 0.809. The summed E-state index contributed by atoms with van der Waals surface area (Å²) in [7, 11) is -3.30. The number of likely N-dealkylation sites (N-methyl/N-ethyl adjacent to an activating group) is 1. The highest BCUT2D eigenvalue weighted by molar-refractivity contribution is 7.99. The number of rotatable bonds is 6. The molecule has 114 valence electrons. The highest BCUT2D eigenvalue weighted by atomic mass is 32.2. The molecule has 2 heterocycles. The van der Waals surface area contributed by atoms with Crippen molar-refractivity contribution in [1.29, 1.82) is 0 Å². The van der Waals surface area contributed by atoms with Crippen LogP contribution in [-0.2, 0) is 16.4 Å². The minimum absolute atomic E-state index is 0.0889. The van der Waals surface area contributed by atoms with E-state index in [2.05, 4.69) is 12.2 Å². The molecule has 1 aromatic heterocycles. The van der Waals surface area contributed by atoms with Crippen LogP contribution < -0.4 is 5.32 Å². The fraction of sp³-hybridized carbons (Fsp3) is 0.692. The lowest BCUT2D eigenvalue weighted by molar-refractivity contribution is 0.368. The van der Waals surface area contributed by atoms with Gasteiger partial charge in [-0.15, -0.1) is 11.3 Å². The minimum Gasteiger partial charge on any atom is -0.317 e. The Morgan fingerprint density at radius 1 is 1.45 bits per heavy atom. The Balaban J connectivity index is 2.09. The third-order valence-electron chi connectivity index (χ3n) is 3.30. The van der Waals surface area contributed by atoms with Crippen molar-refractivity contribution in [3.8, 4) is 0 Å². The van der Waals surface area contributed by atoms with Crippen molar-refractivity contribution in [3.63, 3.8) is 0 Å². The molecule has 1 aliphatic heterocycles. The van der Waals surface area contributed by atoms with Crippen LogP contribution in [0.1, 0.15) is 18.7 Å². The molecule has 1 aromatic rings. The van der Waals surface area contributed by atoms with E-state index in [1.54, 1.807) is 10.4 Å². The molecule has 0 saturated carbocycles. The number of hydrogen-bond donors (Lipinski definition) is 1. The predicted molar refractivity (Wildman–Crippen MR) is 87.2 cm³/mol. The second kappa shape index (κ2) is 7.26. The van der Waals surface area contributed by atoms with E-state index in [-0.39, 0.29) is 6.04 Å². The molecule has 1 saturated heterocycles. The molecule has 4 nitrogen and oxygen atoms in total. The number of hydrogen-bond acceptors (Lipinski definition) is 5. The molecule has 0 aromatic carbocycles. The van der Waals surface area contributed by atoms with Crippen molar-refractivity contribution in [2.45, 2.75) is 30.5 Å². The van der Waals surface area contributed by atoms with Gasteiger partial charge in [0, 0.05) is 29.0 Å². The first-order valence-electron chi connectivity index (χ1n) is 6.94. The molecule has 20 heavy (non-hydrogen) atoms. The van der Waals surface area contributed by atoms with Gasteiger partial charge in [-0.25, -0.2) is 8.42 Å². The van der Waals surface area contributed by atoms with Crippen molar-refractivity contribution in [2.24, 2.45) is 0 Å². The van der Waals surface area contributed by atoms with Crippen molar-refractivity contribution in [2.75, 3.05) is 31.1 Å². The van der Waals surface area contributed by atoms with Crippen molar-refractivity contribution < 1.29 is 8.42 Å². The van der Waals surface area contributed by atoms with E-state index in [0.29, 0.717) is 10.8 Å². The topological polar surface area (TPSA) is 49.4 Å². The lowest BCUT2D eigenvalue weighted by atomic mass is 10.3. The number of nitrogens with zero attached hydrogens (tertiary/aromatic N) is 1. The fourth-order valence-electron chi connectivity index (χ4n) is 2.20. The van der Waals surface area contributed by atoms with E-state index in [0.717, 1.165) is 35.9 Å². The van der Waals surface area contributed by atoms with E-state index in [9.17, 15) is 8.42 Å². The Morgan fingerprint density at radius 3 is 2.95 bits per heavy atom. The van der Waals surface area contributed by atoms with Crippen LogP contribution in [0.3, 0.4) is 0 Å². The summed E-state index contributed by atoms with van der Waals surface area (Å²) in [6, 6.07) is 3.79. The summed E-state index contributed by atoms with van der Waals surface area (Å²) in [5.74, 6) is 1.78. The zero-order chi connectivity index (χ0) is 14.6. The summed E-state index contributed by atoms with van der Waals surface area (Å²) >= 11 is 3.24. The van der Waals surface area contributed by atoms with Crippen molar-refractivity contribution in [3.05, 3.63) is 17.0 Å².